The summed E-state index contributed by atoms with van der Waals surface area (Å²) in [5, 5.41) is 21.8. The van der Waals surface area contributed by atoms with Crippen LogP contribution in [0.15, 0.2) is 24.3 Å². The van der Waals surface area contributed by atoms with E-state index in [1.807, 2.05) is 6.07 Å². The molecule has 21 heavy (non-hydrogen) atoms. The number of aliphatic hydroxyl groups is 1. The molecule has 0 radical (unpaired) electrons. The van der Waals surface area contributed by atoms with Gasteiger partial charge >= 0.3 is 0 Å². The van der Waals surface area contributed by atoms with Gasteiger partial charge in [-0.05, 0) is 49.7 Å². The van der Waals surface area contributed by atoms with E-state index in [1.165, 1.54) is 19.3 Å². The van der Waals surface area contributed by atoms with Crippen molar-refractivity contribution in [3.05, 3.63) is 35.4 Å². The standard InChI is InChI=1S/C18H21NOS/c19-12-17(7-8-17)13-3-1-4-14(9-13)18(20)10-15-5-2-6-16(11-18)21-15/h1,3-4,9,15-16,20H,2,5-8,10-11H2. The van der Waals surface area contributed by atoms with Crippen LogP contribution in [0.2, 0.25) is 0 Å². The van der Waals surface area contributed by atoms with Gasteiger partial charge in [0.2, 0.25) is 0 Å². The molecule has 2 aliphatic heterocycles. The highest BCUT2D eigenvalue weighted by atomic mass is 32.2. The molecule has 2 unspecified atom stereocenters. The predicted molar refractivity (Wildman–Crippen MR) is 85.1 cm³/mol. The molecular formula is C18H21NOS. The van der Waals surface area contributed by atoms with Gasteiger partial charge in [0.25, 0.3) is 0 Å². The topological polar surface area (TPSA) is 44.0 Å². The van der Waals surface area contributed by atoms with E-state index in [2.05, 4.69) is 36.0 Å². The average molecular weight is 299 g/mol. The first-order valence-corrected chi connectivity index (χ1v) is 8.98. The van der Waals surface area contributed by atoms with Crippen LogP contribution in [-0.2, 0) is 11.0 Å². The van der Waals surface area contributed by atoms with Crippen molar-refractivity contribution in [2.24, 2.45) is 0 Å². The lowest BCUT2D eigenvalue weighted by Crippen LogP contribution is -2.40. The number of nitrogens with zero attached hydrogens (tertiary/aromatic N) is 1. The second-order valence-corrected chi connectivity index (χ2v) is 8.63. The Bertz CT molecular complexity index is 589. The zero-order valence-corrected chi connectivity index (χ0v) is 13.0. The smallest absolute Gasteiger partial charge is 0.0917 e. The summed E-state index contributed by atoms with van der Waals surface area (Å²) in [7, 11) is 0. The van der Waals surface area contributed by atoms with Crippen molar-refractivity contribution in [2.45, 2.75) is 66.5 Å². The third-order valence-corrected chi connectivity index (χ3v) is 7.06. The molecule has 0 amide bonds. The lowest BCUT2D eigenvalue weighted by atomic mass is 9.79. The first-order chi connectivity index (χ1) is 10.1. The minimum absolute atomic E-state index is 0.258. The van der Waals surface area contributed by atoms with Crippen LogP contribution >= 0.6 is 11.8 Å². The fraction of sp³-hybridized carbons (Fsp3) is 0.611. The maximum atomic E-state index is 11.2. The fourth-order valence-electron chi connectivity index (χ4n) is 4.05. The SMILES string of the molecule is N#CC1(c2cccc(C3(O)CC4CCCC(C3)S4)c2)CC1. The third-order valence-electron chi connectivity index (χ3n) is 5.48. The van der Waals surface area contributed by atoms with E-state index in [0.717, 1.165) is 36.8 Å². The van der Waals surface area contributed by atoms with Crippen LogP contribution in [0.4, 0.5) is 0 Å². The maximum Gasteiger partial charge on any atom is 0.0917 e. The van der Waals surface area contributed by atoms with E-state index in [-0.39, 0.29) is 5.41 Å². The lowest BCUT2D eigenvalue weighted by Gasteiger charge is -2.44. The van der Waals surface area contributed by atoms with Gasteiger partial charge < -0.3 is 5.11 Å². The molecule has 0 aromatic heterocycles. The molecule has 1 aliphatic carbocycles. The lowest BCUT2D eigenvalue weighted by molar-refractivity contribution is 0.00805. The van der Waals surface area contributed by atoms with Crippen molar-refractivity contribution in [1.82, 2.24) is 0 Å². The molecule has 1 N–H and O–H groups in total. The first-order valence-electron chi connectivity index (χ1n) is 8.04. The first kappa shape index (κ1) is 13.7. The highest BCUT2D eigenvalue weighted by Crippen LogP contribution is 2.51. The second-order valence-electron chi connectivity index (χ2n) is 7.03. The summed E-state index contributed by atoms with van der Waals surface area (Å²) in [5.41, 5.74) is 1.21. The normalized spacial score (nSPS) is 36.8. The molecule has 2 bridgehead atoms. The van der Waals surface area contributed by atoms with Crippen LogP contribution in [0.25, 0.3) is 0 Å². The van der Waals surface area contributed by atoms with Crippen molar-refractivity contribution in [3.63, 3.8) is 0 Å². The number of nitriles is 1. The summed E-state index contributed by atoms with van der Waals surface area (Å²) in [5.74, 6) is 0. The highest BCUT2D eigenvalue weighted by Gasteiger charge is 2.47. The van der Waals surface area contributed by atoms with Gasteiger partial charge in [0, 0.05) is 10.5 Å². The quantitative estimate of drug-likeness (QED) is 0.901. The van der Waals surface area contributed by atoms with E-state index < -0.39 is 5.60 Å². The van der Waals surface area contributed by atoms with Gasteiger partial charge in [-0.3, -0.25) is 0 Å². The minimum atomic E-state index is -0.678. The van der Waals surface area contributed by atoms with Gasteiger partial charge in [0.1, 0.15) is 0 Å². The number of thioether (sulfide) groups is 1. The summed E-state index contributed by atoms with van der Waals surface area (Å²) in [6, 6.07) is 10.7. The Morgan fingerprint density at radius 2 is 1.81 bits per heavy atom. The van der Waals surface area contributed by atoms with Crippen molar-refractivity contribution in [3.8, 4) is 6.07 Å². The Labute approximate surface area is 130 Å². The summed E-state index contributed by atoms with van der Waals surface area (Å²) < 4.78 is 0. The second kappa shape index (κ2) is 4.76. The summed E-state index contributed by atoms with van der Waals surface area (Å²) in [4.78, 5) is 0. The molecule has 110 valence electrons. The molecule has 1 aromatic rings. The Morgan fingerprint density at radius 1 is 1.14 bits per heavy atom. The van der Waals surface area contributed by atoms with E-state index in [4.69, 9.17) is 0 Å². The summed E-state index contributed by atoms with van der Waals surface area (Å²) >= 11 is 2.08. The molecule has 2 saturated heterocycles. The molecule has 1 aromatic carbocycles. The molecule has 2 atom stereocenters. The Hall–Kier alpha value is -0.980. The van der Waals surface area contributed by atoms with Crippen molar-refractivity contribution in [2.75, 3.05) is 0 Å². The van der Waals surface area contributed by atoms with Gasteiger partial charge in [-0.2, -0.15) is 17.0 Å². The fourth-order valence-corrected chi connectivity index (χ4v) is 5.94. The highest BCUT2D eigenvalue weighted by molar-refractivity contribution is 8.00. The zero-order chi connectivity index (χ0) is 14.5. The molecule has 3 fully saturated rings. The van der Waals surface area contributed by atoms with Gasteiger partial charge in [0.05, 0.1) is 17.1 Å². The molecule has 3 heteroatoms. The number of hydrogen-bond donors (Lipinski definition) is 1. The molecule has 2 nitrogen and oxygen atoms in total. The number of rotatable bonds is 2. The zero-order valence-electron chi connectivity index (χ0n) is 12.2. The van der Waals surface area contributed by atoms with Crippen LogP contribution in [0.1, 0.15) is 56.1 Å². The van der Waals surface area contributed by atoms with Crippen molar-refractivity contribution < 1.29 is 5.11 Å². The number of hydrogen-bond acceptors (Lipinski definition) is 3. The van der Waals surface area contributed by atoms with Crippen LogP contribution in [0.3, 0.4) is 0 Å². The van der Waals surface area contributed by atoms with Crippen LogP contribution in [0, 0.1) is 11.3 Å². The number of fused-ring (bicyclic) bond motifs is 2. The Balaban J connectivity index is 1.67. The molecule has 4 rings (SSSR count). The van der Waals surface area contributed by atoms with E-state index in [1.54, 1.807) is 0 Å². The molecule has 1 saturated carbocycles. The van der Waals surface area contributed by atoms with Gasteiger partial charge in [-0.25, -0.2) is 0 Å². The van der Waals surface area contributed by atoms with E-state index >= 15 is 0 Å². The largest absolute Gasteiger partial charge is 0.385 e. The van der Waals surface area contributed by atoms with Gasteiger partial charge in [-0.1, -0.05) is 30.7 Å². The molecular weight excluding hydrogens is 278 g/mol. The van der Waals surface area contributed by atoms with Crippen LogP contribution < -0.4 is 0 Å². The molecule has 3 aliphatic rings. The maximum absolute atomic E-state index is 11.2. The van der Waals surface area contributed by atoms with Gasteiger partial charge in [0.15, 0.2) is 0 Å². The van der Waals surface area contributed by atoms with Crippen LogP contribution in [0.5, 0.6) is 0 Å². The summed E-state index contributed by atoms with van der Waals surface area (Å²) in [6.45, 7) is 0. The monoisotopic (exact) mass is 299 g/mol. The van der Waals surface area contributed by atoms with Gasteiger partial charge in [-0.15, -0.1) is 0 Å². The Morgan fingerprint density at radius 3 is 2.43 bits per heavy atom. The molecule has 2 heterocycles. The van der Waals surface area contributed by atoms with Crippen molar-refractivity contribution in [1.29, 1.82) is 5.26 Å². The number of benzene rings is 1. The van der Waals surface area contributed by atoms with Crippen molar-refractivity contribution >= 4 is 11.8 Å². The predicted octanol–water partition coefficient (Wildman–Crippen LogP) is 3.88. The Kier molecular flexibility index (Phi) is 3.10. The van der Waals surface area contributed by atoms with E-state index in [9.17, 15) is 10.4 Å². The average Bonchev–Trinajstić information content (AvgIpc) is 3.28. The summed E-state index contributed by atoms with van der Waals surface area (Å²) in [6.07, 6.45) is 7.47. The third kappa shape index (κ3) is 2.29. The van der Waals surface area contributed by atoms with E-state index in [0.29, 0.717) is 10.5 Å². The molecule has 0 spiro atoms. The minimum Gasteiger partial charge on any atom is -0.385 e. The van der Waals surface area contributed by atoms with Crippen LogP contribution in [-0.4, -0.2) is 15.6 Å².